The summed E-state index contributed by atoms with van der Waals surface area (Å²) in [4.78, 5) is 54.0. The monoisotopic (exact) mass is 553 g/mol. The highest BCUT2D eigenvalue weighted by atomic mass is 32.1. The Morgan fingerprint density at radius 2 is 1.49 bits per heavy atom. The molecule has 10 nitrogen and oxygen atoms in total. The number of carbonyl (C=O) groups is 4. The molecule has 11 heteroatoms. The first-order valence-corrected chi connectivity index (χ1v) is 13.3. The van der Waals surface area contributed by atoms with Crippen molar-refractivity contribution in [3.63, 3.8) is 0 Å². The first kappa shape index (κ1) is 29.7. The fourth-order valence-electron chi connectivity index (χ4n) is 4.20. The number of aromatic nitrogens is 1. The topological polar surface area (TPSA) is 166 Å². The highest BCUT2D eigenvalue weighted by Gasteiger charge is 2.31. The smallest absolute Gasteiger partial charge is 0.326 e. The van der Waals surface area contributed by atoms with E-state index in [-0.39, 0.29) is 24.5 Å². The zero-order valence-electron chi connectivity index (χ0n) is 21.9. The van der Waals surface area contributed by atoms with E-state index in [1.54, 1.807) is 20.0 Å². The number of nitrogens with one attached hydrogen (secondary N) is 4. The highest BCUT2D eigenvalue weighted by molar-refractivity contribution is 7.80. The van der Waals surface area contributed by atoms with Crippen LogP contribution in [0, 0.1) is 5.92 Å². The van der Waals surface area contributed by atoms with E-state index >= 15 is 0 Å². The minimum atomic E-state index is -1.18. The first-order valence-electron chi connectivity index (χ1n) is 12.7. The second-order valence-corrected chi connectivity index (χ2v) is 10.1. The summed E-state index contributed by atoms with van der Waals surface area (Å²) in [6, 6.07) is 12.6. The van der Waals surface area contributed by atoms with Gasteiger partial charge in [-0.2, -0.15) is 12.6 Å². The van der Waals surface area contributed by atoms with Gasteiger partial charge in [-0.05, 0) is 29.5 Å². The van der Waals surface area contributed by atoms with Crippen LogP contribution >= 0.6 is 12.6 Å². The molecule has 4 unspecified atom stereocenters. The zero-order chi connectivity index (χ0) is 28.5. The number of nitrogens with two attached hydrogens (primary N) is 1. The lowest BCUT2D eigenvalue weighted by Crippen LogP contribution is -2.58. The average molecular weight is 554 g/mol. The summed E-state index contributed by atoms with van der Waals surface area (Å²) in [6.45, 7) is 3.33. The molecule has 0 saturated carbocycles. The number of carboxylic acid groups (broad SMARTS) is 1. The van der Waals surface area contributed by atoms with Crippen LogP contribution in [0.15, 0.2) is 60.8 Å². The molecule has 3 aromatic rings. The second-order valence-electron chi connectivity index (χ2n) is 9.73. The van der Waals surface area contributed by atoms with Crippen molar-refractivity contribution in [1.82, 2.24) is 20.9 Å². The number of thiol groups is 1. The summed E-state index contributed by atoms with van der Waals surface area (Å²) < 4.78 is 0. The molecule has 0 aliphatic heterocycles. The van der Waals surface area contributed by atoms with Crippen LogP contribution in [0.1, 0.15) is 25.0 Å². The van der Waals surface area contributed by atoms with Gasteiger partial charge in [-0.15, -0.1) is 0 Å². The molecule has 3 amide bonds. The number of hydrogen-bond acceptors (Lipinski definition) is 6. The summed E-state index contributed by atoms with van der Waals surface area (Å²) in [5.41, 5.74) is 8.71. The lowest BCUT2D eigenvalue weighted by molar-refractivity contribution is -0.143. The Balaban J connectivity index is 1.79. The van der Waals surface area contributed by atoms with Crippen molar-refractivity contribution in [1.29, 1.82) is 0 Å². The maximum Gasteiger partial charge on any atom is 0.326 e. The summed E-state index contributed by atoms with van der Waals surface area (Å²) in [5, 5.41) is 18.1. The van der Waals surface area contributed by atoms with Gasteiger partial charge in [-0.1, -0.05) is 62.4 Å². The lowest BCUT2D eigenvalue weighted by atomic mass is 10.0. The van der Waals surface area contributed by atoms with Crippen LogP contribution in [-0.4, -0.2) is 63.7 Å². The minimum Gasteiger partial charge on any atom is -0.480 e. The van der Waals surface area contributed by atoms with Gasteiger partial charge in [0.05, 0.1) is 6.04 Å². The molecule has 0 spiro atoms. The maximum atomic E-state index is 13.4. The van der Waals surface area contributed by atoms with Crippen molar-refractivity contribution in [2.45, 2.75) is 50.9 Å². The number of amides is 3. The van der Waals surface area contributed by atoms with Crippen LogP contribution in [0.4, 0.5) is 0 Å². The molecule has 1 heterocycles. The Kier molecular flexibility index (Phi) is 10.5. The van der Waals surface area contributed by atoms with E-state index in [9.17, 15) is 24.3 Å². The van der Waals surface area contributed by atoms with E-state index in [2.05, 4.69) is 33.6 Å². The third kappa shape index (κ3) is 8.08. The Morgan fingerprint density at radius 3 is 2.13 bits per heavy atom. The highest BCUT2D eigenvalue weighted by Crippen LogP contribution is 2.19. The number of rotatable bonds is 13. The standard InChI is InChI=1S/C28H35N5O5S/c1-16(2)24(28(37)38)33-27(36)23(15-39)32-26(35)22(13-18-14-30-21-11-7-6-10-19(18)21)31-25(34)20(29)12-17-8-4-3-5-9-17/h3-11,14,16,20,22-24,30,39H,12-13,15,29H2,1-2H3,(H,31,34)(H,32,35)(H,33,36)(H,37,38). The second kappa shape index (κ2) is 13.8. The number of benzene rings is 2. The number of aromatic amines is 1. The fourth-order valence-corrected chi connectivity index (χ4v) is 4.46. The van der Waals surface area contributed by atoms with Gasteiger partial charge in [0.15, 0.2) is 0 Å². The number of carbonyl (C=O) groups excluding carboxylic acids is 3. The number of carboxylic acids is 1. The van der Waals surface area contributed by atoms with Gasteiger partial charge in [0.25, 0.3) is 0 Å². The lowest BCUT2D eigenvalue weighted by Gasteiger charge is -2.25. The van der Waals surface area contributed by atoms with E-state index in [0.29, 0.717) is 0 Å². The van der Waals surface area contributed by atoms with Gasteiger partial charge in [0.1, 0.15) is 18.1 Å². The molecular formula is C28H35N5O5S. The van der Waals surface area contributed by atoms with Crippen molar-refractivity contribution in [3.05, 3.63) is 71.9 Å². The van der Waals surface area contributed by atoms with Crippen molar-refractivity contribution in [2.24, 2.45) is 11.7 Å². The molecule has 0 bridgehead atoms. The SMILES string of the molecule is CC(C)C(NC(=O)C(CS)NC(=O)C(Cc1c[nH]c2ccccc12)NC(=O)C(N)Cc1ccccc1)C(=O)O. The number of hydrogen-bond donors (Lipinski definition) is 7. The molecule has 0 radical (unpaired) electrons. The zero-order valence-corrected chi connectivity index (χ0v) is 22.8. The van der Waals surface area contributed by atoms with Crippen molar-refractivity contribution < 1.29 is 24.3 Å². The number of aliphatic carboxylic acids is 1. The van der Waals surface area contributed by atoms with Crippen LogP contribution in [0.3, 0.4) is 0 Å². The maximum absolute atomic E-state index is 13.4. The van der Waals surface area contributed by atoms with E-state index in [4.69, 9.17) is 5.73 Å². The van der Waals surface area contributed by atoms with Crippen molar-refractivity contribution in [3.8, 4) is 0 Å². The third-order valence-corrected chi connectivity index (χ3v) is 6.78. The molecule has 208 valence electrons. The number of para-hydroxylation sites is 1. The van der Waals surface area contributed by atoms with Gasteiger partial charge < -0.3 is 31.8 Å². The van der Waals surface area contributed by atoms with Gasteiger partial charge >= 0.3 is 5.97 Å². The van der Waals surface area contributed by atoms with E-state index in [1.165, 1.54) is 0 Å². The first-order chi connectivity index (χ1) is 18.6. The van der Waals surface area contributed by atoms with Crippen LogP contribution in [-0.2, 0) is 32.0 Å². The molecule has 7 N–H and O–H groups in total. The molecule has 3 rings (SSSR count). The van der Waals surface area contributed by atoms with Gasteiger partial charge in [0.2, 0.25) is 17.7 Å². The van der Waals surface area contributed by atoms with Crippen LogP contribution in [0.2, 0.25) is 0 Å². The fraction of sp³-hybridized carbons (Fsp3) is 0.357. The molecule has 1 aromatic heterocycles. The molecular weight excluding hydrogens is 518 g/mol. The summed E-state index contributed by atoms with van der Waals surface area (Å²) in [6.07, 6.45) is 2.18. The van der Waals surface area contributed by atoms with E-state index in [1.807, 2.05) is 54.6 Å². The van der Waals surface area contributed by atoms with Gasteiger partial charge in [-0.3, -0.25) is 14.4 Å². The Bertz CT molecular complexity index is 1300. The number of fused-ring (bicyclic) bond motifs is 1. The van der Waals surface area contributed by atoms with Crippen LogP contribution in [0.5, 0.6) is 0 Å². The largest absolute Gasteiger partial charge is 0.480 e. The number of H-pyrrole nitrogens is 1. The van der Waals surface area contributed by atoms with Crippen molar-refractivity contribution >= 4 is 47.2 Å². The summed E-state index contributed by atoms with van der Waals surface area (Å²) >= 11 is 4.18. The quantitative estimate of drug-likeness (QED) is 0.158. The Labute approximate surface area is 232 Å². The normalized spacial score (nSPS) is 14.3. The summed E-state index contributed by atoms with van der Waals surface area (Å²) in [5.74, 6) is -3.45. The van der Waals surface area contributed by atoms with Crippen LogP contribution < -0.4 is 21.7 Å². The average Bonchev–Trinajstić information content (AvgIpc) is 3.32. The molecule has 0 saturated heterocycles. The molecule has 0 aliphatic carbocycles. The third-order valence-electron chi connectivity index (χ3n) is 6.41. The van der Waals surface area contributed by atoms with E-state index < -0.39 is 47.9 Å². The molecule has 0 fully saturated rings. The summed E-state index contributed by atoms with van der Waals surface area (Å²) in [7, 11) is 0. The molecule has 4 atom stereocenters. The Hall–Kier alpha value is -3.83. The predicted molar refractivity (Wildman–Crippen MR) is 152 cm³/mol. The Morgan fingerprint density at radius 1 is 0.872 bits per heavy atom. The molecule has 0 aliphatic rings. The van der Waals surface area contributed by atoms with Gasteiger partial charge in [-0.25, -0.2) is 4.79 Å². The van der Waals surface area contributed by atoms with Crippen molar-refractivity contribution in [2.75, 3.05) is 5.75 Å². The predicted octanol–water partition coefficient (Wildman–Crippen LogP) is 1.41. The molecule has 2 aromatic carbocycles. The van der Waals surface area contributed by atoms with E-state index in [0.717, 1.165) is 22.0 Å². The minimum absolute atomic E-state index is 0.0801. The van der Waals surface area contributed by atoms with Crippen LogP contribution in [0.25, 0.3) is 10.9 Å². The van der Waals surface area contributed by atoms with Gasteiger partial charge in [0, 0.05) is 29.3 Å². The molecule has 39 heavy (non-hydrogen) atoms.